The highest BCUT2D eigenvalue weighted by Gasteiger charge is 2.29. The van der Waals surface area contributed by atoms with Gasteiger partial charge in [-0.15, -0.1) is 11.3 Å². The van der Waals surface area contributed by atoms with E-state index in [2.05, 4.69) is 10.3 Å². The van der Waals surface area contributed by atoms with Gasteiger partial charge in [-0.25, -0.2) is 4.98 Å². The topological polar surface area (TPSA) is 93.2 Å². The summed E-state index contributed by atoms with van der Waals surface area (Å²) in [6.07, 6.45) is 3.61. The molecule has 2 amide bonds. The molecular weight excluding hydrogens is 290 g/mol. The zero-order chi connectivity index (χ0) is 15.0. The van der Waals surface area contributed by atoms with E-state index >= 15 is 0 Å². The predicted molar refractivity (Wildman–Crippen MR) is 80.5 cm³/mol. The summed E-state index contributed by atoms with van der Waals surface area (Å²) in [6.45, 7) is 3.38. The van der Waals surface area contributed by atoms with Crippen LogP contribution >= 0.6 is 11.3 Å². The minimum Gasteiger partial charge on any atom is -0.366 e. The molecule has 7 nitrogen and oxygen atoms in total. The minimum absolute atomic E-state index is 0.184. The molecule has 0 aliphatic carbocycles. The van der Waals surface area contributed by atoms with Gasteiger partial charge in [-0.1, -0.05) is 0 Å². The van der Waals surface area contributed by atoms with Crippen LogP contribution in [0.3, 0.4) is 0 Å². The number of fused-ring (bicyclic) bond motifs is 1. The van der Waals surface area contributed by atoms with Crippen molar-refractivity contribution in [3.63, 3.8) is 0 Å². The van der Waals surface area contributed by atoms with Crippen LogP contribution in [-0.4, -0.2) is 34.0 Å². The number of rotatable bonds is 4. The Kier molecular flexibility index (Phi) is 3.38. The van der Waals surface area contributed by atoms with Crippen LogP contribution in [0.25, 0.3) is 0 Å². The van der Waals surface area contributed by atoms with Gasteiger partial charge < -0.3 is 20.5 Å². The Hall–Kier alpha value is -2.35. The molecule has 1 aliphatic rings. The van der Waals surface area contributed by atoms with Crippen LogP contribution in [0.5, 0.6) is 0 Å². The van der Waals surface area contributed by atoms with Gasteiger partial charge in [0.15, 0.2) is 0 Å². The molecule has 0 radical (unpaired) electrons. The number of carbonyl (C=O) groups excluding carboxylic acids is 2. The quantitative estimate of drug-likeness (QED) is 0.877. The zero-order valence-electron chi connectivity index (χ0n) is 11.4. The summed E-state index contributed by atoms with van der Waals surface area (Å²) in [5.74, 6) is 0.0614. The van der Waals surface area contributed by atoms with E-state index in [-0.39, 0.29) is 11.9 Å². The molecule has 0 saturated heterocycles. The van der Waals surface area contributed by atoms with Gasteiger partial charge in [0.05, 0.1) is 5.56 Å². The van der Waals surface area contributed by atoms with Gasteiger partial charge in [0.1, 0.15) is 11.0 Å². The van der Waals surface area contributed by atoms with Gasteiger partial charge in [0.2, 0.25) is 11.9 Å². The first-order chi connectivity index (χ1) is 10.1. The molecule has 2 aromatic rings. The van der Waals surface area contributed by atoms with E-state index in [1.54, 1.807) is 17.6 Å². The third-order valence-electron chi connectivity index (χ3n) is 3.55. The second kappa shape index (κ2) is 5.21. The van der Waals surface area contributed by atoms with Crippen molar-refractivity contribution in [2.24, 2.45) is 5.73 Å². The number of amides is 2. The van der Waals surface area contributed by atoms with Crippen molar-refractivity contribution in [3.05, 3.63) is 29.4 Å². The molecule has 21 heavy (non-hydrogen) atoms. The van der Waals surface area contributed by atoms with Crippen LogP contribution in [0.15, 0.2) is 23.8 Å². The highest BCUT2D eigenvalue weighted by atomic mass is 32.1. The van der Waals surface area contributed by atoms with E-state index < -0.39 is 5.91 Å². The summed E-state index contributed by atoms with van der Waals surface area (Å²) in [4.78, 5) is 29.8. The Morgan fingerprint density at radius 3 is 3.05 bits per heavy atom. The number of carbonyl (C=O) groups is 2. The van der Waals surface area contributed by atoms with Gasteiger partial charge in [-0.2, -0.15) is 0 Å². The standard InChI is InChI=1S/C13H15N5O2S/c1-8(18-6-5-17-4-3-15-13(17)18)11(20)16-12-9(10(14)19)2-7-21-12/h2-4,7-8H,5-6H2,1H3,(H2,14,19)(H,16,20). The molecule has 0 spiro atoms. The van der Waals surface area contributed by atoms with E-state index in [1.165, 1.54) is 11.3 Å². The van der Waals surface area contributed by atoms with Crippen LogP contribution in [0.1, 0.15) is 17.3 Å². The van der Waals surface area contributed by atoms with E-state index in [1.807, 2.05) is 22.6 Å². The molecule has 0 bridgehead atoms. The van der Waals surface area contributed by atoms with Crippen molar-refractivity contribution in [3.8, 4) is 0 Å². The van der Waals surface area contributed by atoms with Crippen LogP contribution in [0, 0.1) is 0 Å². The number of nitrogens with two attached hydrogens (primary N) is 1. The Balaban J connectivity index is 1.74. The fourth-order valence-corrected chi connectivity index (χ4v) is 3.17. The third kappa shape index (κ3) is 2.38. The number of anilines is 2. The average Bonchev–Trinajstić information content (AvgIpc) is 3.13. The highest BCUT2D eigenvalue weighted by Crippen LogP contribution is 2.25. The molecule has 3 rings (SSSR count). The maximum Gasteiger partial charge on any atom is 0.251 e. The van der Waals surface area contributed by atoms with Crippen molar-refractivity contribution in [1.82, 2.24) is 9.55 Å². The maximum absolute atomic E-state index is 12.4. The fraction of sp³-hybridized carbons (Fsp3) is 0.308. The summed E-state index contributed by atoms with van der Waals surface area (Å²) in [5.41, 5.74) is 5.61. The van der Waals surface area contributed by atoms with Gasteiger partial charge >= 0.3 is 0 Å². The van der Waals surface area contributed by atoms with Crippen molar-refractivity contribution in [2.75, 3.05) is 16.8 Å². The molecule has 0 saturated carbocycles. The molecule has 1 atom stereocenters. The zero-order valence-corrected chi connectivity index (χ0v) is 12.3. The average molecular weight is 305 g/mol. The Morgan fingerprint density at radius 2 is 2.29 bits per heavy atom. The summed E-state index contributed by atoms with van der Waals surface area (Å²) >= 11 is 1.28. The molecule has 110 valence electrons. The smallest absolute Gasteiger partial charge is 0.251 e. The molecule has 3 N–H and O–H groups in total. The minimum atomic E-state index is -0.545. The highest BCUT2D eigenvalue weighted by molar-refractivity contribution is 7.14. The van der Waals surface area contributed by atoms with E-state index in [9.17, 15) is 9.59 Å². The van der Waals surface area contributed by atoms with E-state index in [0.29, 0.717) is 10.6 Å². The molecule has 1 aliphatic heterocycles. The molecule has 3 heterocycles. The number of hydrogen-bond donors (Lipinski definition) is 2. The van der Waals surface area contributed by atoms with Crippen molar-refractivity contribution in [2.45, 2.75) is 19.5 Å². The molecule has 1 unspecified atom stereocenters. The lowest BCUT2D eigenvalue weighted by molar-refractivity contribution is -0.117. The summed E-state index contributed by atoms with van der Waals surface area (Å²) in [5, 5.41) is 4.98. The SMILES string of the molecule is CC(C(=O)Nc1sccc1C(N)=O)N1CCn2ccnc21. The van der Waals surface area contributed by atoms with E-state index in [4.69, 9.17) is 5.73 Å². The molecule has 0 fully saturated rings. The largest absolute Gasteiger partial charge is 0.366 e. The van der Waals surface area contributed by atoms with Gasteiger partial charge in [0, 0.05) is 25.5 Å². The Bertz CT molecular complexity index is 692. The first-order valence-corrected chi connectivity index (χ1v) is 7.42. The number of aromatic nitrogens is 2. The van der Waals surface area contributed by atoms with Gasteiger partial charge in [-0.05, 0) is 18.4 Å². The third-order valence-corrected chi connectivity index (χ3v) is 4.38. The Labute approximate surface area is 125 Å². The molecule has 0 aromatic carbocycles. The number of primary amides is 1. The van der Waals surface area contributed by atoms with Crippen molar-refractivity contribution < 1.29 is 9.59 Å². The Morgan fingerprint density at radius 1 is 1.48 bits per heavy atom. The van der Waals surface area contributed by atoms with E-state index in [0.717, 1.165) is 19.0 Å². The van der Waals surface area contributed by atoms with Gasteiger partial charge in [0.25, 0.3) is 5.91 Å². The normalized spacial score (nSPS) is 14.8. The first kappa shape index (κ1) is 13.6. The van der Waals surface area contributed by atoms with Crippen LogP contribution in [0.4, 0.5) is 10.9 Å². The van der Waals surface area contributed by atoms with Crippen LogP contribution < -0.4 is 16.0 Å². The first-order valence-electron chi connectivity index (χ1n) is 6.54. The van der Waals surface area contributed by atoms with Gasteiger partial charge in [-0.3, -0.25) is 9.59 Å². The lowest BCUT2D eigenvalue weighted by Crippen LogP contribution is -2.41. The number of hydrogen-bond acceptors (Lipinski definition) is 5. The van der Waals surface area contributed by atoms with Crippen LogP contribution in [-0.2, 0) is 11.3 Å². The maximum atomic E-state index is 12.4. The summed E-state index contributed by atoms with van der Waals surface area (Å²) in [7, 11) is 0. The molecular formula is C13H15N5O2S. The number of imidazole rings is 1. The summed E-state index contributed by atoms with van der Waals surface area (Å²) in [6, 6.07) is 1.23. The number of nitrogens with one attached hydrogen (secondary N) is 1. The number of thiophene rings is 1. The molecule has 8 heteroatoms. The fourth-order valence-electron chi connectivity index (χ4n) is 2.38. The predicted octanol–water partition coefficient (Wildman–Crippen LogP) is 0.891. The lowest BCUT2D eigenvalue weighted by Gasteiger charge is -2.23. The van der Waals surface area contributed by atoms with Crippen molar-refractivity contribution >= 4 is 34.1 Å². The second-order valence-corrected chi connectivity index (χ2v) is 5.72. The molecule has 2 aromatic heterocycles. The second-order valence-electron chi connectivity index (χ2n) is 4.81. The number of nitrogens with zero attached hydrogens (tertiary/aromatic N) is 3. The summed E-state index contributed by atoms with van der Waals surface area (Å²) < 4.78 is 2.00. The van der Waals surface area contributed by atoms with Crippen LogP contribution in [0.2, 0.25) is 0 Å². The van der Waals surface area contributed by atoms with Crippen molar-refractivity contribution in [1.29, 1.82) is 0 Å². The lowest BCUT2D eigenvalue weighted by atomic mass is 10.2. The monoisotopic (exact) mass is 305 g/mol.